The van der Waals surface area contributed by atoms with Crippen molar-refractivity contribution in [2.75, 3.05) is 6.61 Å². The van der Waals surface area contributed by atoms with Crippen LogP contribution in [0.3, 0.4) is 0 Å². The number of carbonyl (C=O) groups is 3. The van der Waals surface area contributed by atoms with Gasteiger partial charge in [0.25, 0.3) is 17.5 Å². The average Bonchev–Trinajstić information content (AvgIpc) is 3.17. The van der Waals surface area contributed by atoms with Crippen molar-refractivity contribution in [2.45, 2.75) is 37.8 Å². The van der Waals surface area contributed by atoms with E-state index < -0.39 is 39.7 Å². The number of carbonyl (C=O) groups excluding carboxylic acids is 3. The predicted octanol–water partition coefficient (Wildman–Crippen LogP) is 3.08. The van der Waals surface area contributed by atoms with Gasteiger partial charge in [0, 0.05) is 17.0 Å². The van der Waals surface area contributed by atoms with Crippen molar-refractivity contribution in [3.63, 3.8) is 0 Å². The second-order valence-corrected chi connectivity index (χ2v) is 9.97. The summed E-state index contributed by atoms with van der Waals surface area (Å²) in [5, 5.41) is 13.1. The third-order valence-electron chi connectivity index (χ3n) is 5.10. The number of thioether (sulfide) groups is 1. The molecule has 0 bridgehead atoms. The quantitative estimate of drug-likeness (QED) is 0.268. The molecule has 0 spiro atoms. The van der Waals surface area contributed by atoms with E-state index in [1.807, 2.05) is 6.07 Å². The van der Waals surface area contributed by atoms with Gasteiger partial charge in [0.15, 0.2) is 6.61 Å². The van der Waals surface area contributed by atoms with E-state index in [2.05, 4.69) is 5.32 Å². The standard InChI is InChI=1S/C24H23N3O7S/c1-24(2,3)34-23(30)19-20(14-9-11-15(12-10-14)27(31)32)35-22-18(21(29)26(19)22)25-17(28)13-33-16-7-5-4-6-8-16/h4-12,18,22H,13H2,1-3H3,(H,25,28)/t18-,22-/m1/s1. The maximum absolute atomic E-state index is 13.0. The molecule has 2 aromatic rings. The van der Waals surface area contributed by atoms with Crippen LogP contribution in [-0.2, 0) is 19.1 Å². The number of non-ortho nitro benzene ring substituents is 1. The summed E-state index contributed by atoms with van der Waals surface area (Å²) in [6.07, 6.45) is 0. The van der Waals surface area contributed by atoms with E-state index in [4.69, 9.17) is 9.47 Å². The Morgan fingerprint density at radius 3 is 2.37 bits per heavy atom. The van der Waals surface area contributed by atoms with Crippen LogP contribution in [0.1, 0.15) is 26.3 Å². The molecule has 0 aliphatic carbocycles. The van der Waals surface area contributed by atoms with Crippen LogP contribution in [0.15, 0.2) is 60.3 Å². The first-order valence-corrected chi connectivity index (χ1v) is 11.6. The molecule has 0 saturated carbocycles. The maximum atomic E-state index is 13.0. The van der Waals surface area contributed by atoms with Crippen molar-refractivity contribution >= 4 is 40.1 Å². The van der Waals surface area contributed by atoms with E-state index >= 15 is 0 Å². The molecule has 10 nitrogen and oxygen atoms in total. The van der Waals surface area contributed by atoms with E-state index in [1.54, 1.807) is 45.0 Å². The number of esters is 1. The van der Waals surface area contributed by atoms with Gasteiger partial charge >= 0.3 is 5.97 Å². The molecule has 182 valence electrons. The van der Waals surface area contributed by atoms with Gasteiger partial charge in [-0.05, 0) is 50.6 Å². The summed E-state index contributed by atoms with van der Waals surface area (Å²) in [6, 6.07) is 13.6. The number of hydrogen-bond donors (Lipinski definition) is 1. The number of rotatable bonds is 7. The molecular weight excluding hydrogens is 474 g/mol. The summed E-state index contributed by atoms with van der Waals surface area (Å²) in [4.78, 5) is 50.7. The van der Waals surface area contributed by atoms with Crippen LogP contribution in [0.5, 0.6) is 5.75 Å². The van der Waals surface area contributed by atoms with Gasteiger partial charge in [-0.25, -0.2) is 4.79 Å². The van der Waals surface area contributed by atoms with Crippen LogP contribution in [0, 0.1) is 10.1 Å². The van der Waals surface area contributed by atoms with Gasteiger partial charge in [-0.1, -0.05) is 30.0 Å². The zero-order valence-corrected chi connectivity index (χ0v) is 20.0. The first kappa shape index (κ1) is 24.3. The van der Waals surface area contributed by atoms with Gasteiger partial charge in [0.1, 0.15) is 28.5 Å². The SMILES string of the molecule is CC(C)(C)OC(=O)C1=C(c2ccc([N+](=O)[O-])cc2)S[C@@H]2[C@H](NC(=O)COc3ccccc3)C(=O)N12. The molecule has 2 aliphatic heterocycles. The lowest BCUT2D eigenvalue weighted by atomic mass is 10.0. The second kappa shape index (κ2) is 9.41. The van der Waals surface area contributed by atoms with Gasteiger partial charge in [0.2, 0.25) is 0 Å². The third-order valence-corrected chi connectivity index (χ3v) is 6.49. The minimum atomic E-state index is -0.861. The summed E-state index contributed by atoms with van der Waals surface area (Å²) < 4.78 is 11.0. The van der Waals surface area contributed by atoms with Crippen molar-refractivity contribution in [3.05, 3.63) is 76.0 Å². The first-order valence-electron chi connectivity index (χ1n) is 10.7. The van der Waals surface area contributed by atoms with E-state index in [9.17, 15) is 24.5 Å². The first-order chi connectivity index (χ1) is 16.5. The van der Waals surface area contributed by atoms with Crippen LogP contribution < -0.4 is 10.1 Å². The summed E-state index contributed by atoms with van der Waals surface area (Å²) in [7, 11) is 0. The average molecular weight is 498 g/mol. The Balaban J connectivity index is 1.53. The number of hydrogen-bond acceptors (Lipinski definition) is 8. The Hall–Kier alpha value is -3.86. The molecule has 2 atom stereocenters. The third kappa shape index (κ3) is 5.14. The number of fused-ring (bicyclic) bond motifs is 1. The molecule has 35 heavy (non-hydrogen) atoms. The molecule has 1 saturated heterocycles. The molecule has 2 aliphatic rings. The van der Waals surface area contributed by atoms with Crippen LogP contribution >= 0.6 is 11.8 Å². The molecule has 1 fully saturated rings. The molecule has 2 aromatic carbocycles. The van der Waals surface area contributed by atoms with Crippen molar-refractivity contribution in [1.82, 2.24) is 10.2 Å². The maximum Gasteiger partial charge on any atom is 0.356 e. The second-order valence-electron chi connectivity index (χ2n) is 8.85. The van der Waals surface area contributed by atoms with Gasteiger partial charge in [0.05, 0.1) is 4.92 Å². The van der Waals surface area contributed by atoms with Gasteiger partial charge in [-0.3, -0.25) is 24.6 Å². The van der Waals surface area contributed by atoms with Gasteiger partial charge in [-0.2, -0.15) is 0 Å². The van der Waals surface area contributed by atoms with Gasteiger partial charge in [-0.15, -0.1) is 0 Å². The van der Waals surface area contributed by atoms with Crippen molar-refractivity contribution < 1.29 is 28.8 Å². The van der Waals surface area contributed by atoms with Crippen LogP contribution in [0.25, 0.3) is 4.91 Å². The monoisotopic (exact) mass is 497 g/mol. The normalized spacial score (nSPS) is 19.1. The molecule has 0 unspecified atom stereocenters. The summed E-state index contributed by atoms with van der Waals surface area (Å²) in [5.74, 6) is -1.09. The molecule has 0 radical (unpaired) electrons. The fraction of sp³-hybridized carbons (Fsp3) is 0.292. The summed E-state index contributed by atoms with van der Waals surface area (Å²) in [6.45, 7) is 4.87. The topological polar surface area (TPSA) is 128 Å². The van der Waals surface area contributed by atoms with E-state index in [1.165, 1.54) is 40.9 Å². The minimum absolute atomic E-state index is 0.0554. The summed E-state index contributed by atoms with van der Waals surface area (Å²) >= 11 is 1.22. The largest absolute Gasteiger partial charge is 0.484 e. The lowest BCUT2D eigenvalue weighted by Gasteiger charge is -2.42. The van der Waals surface area contributed by atoms with E-state index in [0.29, 0.717) is 16.2 Å². The van der Waals surface area contributed by atoms with Crippen LogP contribution in [0.2, 0.25) is 0 Å². The Bertz CT molecular complexity index is 1210. The molecule has 2 amide bonds. The number of benzene rings is 2. The fourth-order valence-electron chi connectivity index (χ4n) is 3.58. The zero-order chi connectivity index (χ0) is 25.3. The van der Waals surface area contributed by atoms with Crippen LogP contribution in [0.4, 0.5) is 5.69 Å². The van der Waals surface area contributed by atoms with Crippen molar-refractivity contribution in [3.8, 4) is 5.75 Å². The molecule has 1 N–H and O–H groups in total. The number of β-lactam (4-membered cyclic amide) rings is 1. The van der Waals surface area contributed by atoms with Crippen molar-refractivity contribution in [1.29, 1.82) is 0 Å². The zero-order valence-electron chi connectivity index (χ0n) is 19.2. The molecule has 4 rings (SSSR count). The number of nitrogens with zero attached hydrogens (tertiary/aromatic N) is 2. The predicted molar refractivity (Wildman–Crippen MR) is 128 cm³/mol. The number of nitro groups is 1. The number of nitrogens with one attached hydrogen (secondary N) is 1. The highest BCUT2D eigenvalue weighted by molar-refractivity contribution is 8.09. The lowest BCUT2D eigenvalue weighted by molar-refractivity contribution is -0.384. The highest BCUT2D eigenvalue weighted by atomic mass is 32.2. The number of nitro benzene ring substituents is 1. The van der Waals surface area contributed by atoms with Crippen molar-refractivity contribution in [2.24, 2.45) is 0 Å². The Morgan fingerprint density at radius 1 is 1.11 bits per heavy atom. The Kier molecular flexibility index (Phi) is 6.53. The minimum Gasteiger partial charge on any atom is -0.484 e. The lowest BCUT2D eigenvalue weighted by Crippen LogP contribution is -2.68. The Labute approximate surface area is 205 Å². The van der Waals surface area contributed by atoms with Gasteiger partial charge < -0.3 is 14.8 Å². The van der Waals surface area contributed by atoms with E-state index in [0.717, 1.165) is 0 Å². The van der Waals surface area contributed by atoms with E-state index in [-0.39, 0.29) is 18.0 Å². The smallest absolute Gasteiger partial charge is 0.356 e. The molecule has 11 heteroatoms. The number of amides is 2. The Morgan fingerprint density at radius 2 is 1.77 bits per heavy atom. The highest BCUT2D eigenvalue weighted by Gasteiger charge is 2.57. The molecule has 0 aromatic heterocycles. The summed E-state index contributed by atoms with van der Waals surface area (Å²) in [5.41, 5.74) is -0.316. The highest BCUT2D eigenvalue weighted by Crippen LogP contribution is 2.51. The fourth-order valence-corrected chi connectivity index (χ4v) is 5.02. The number of ether oxygens (including phenoxy) is 2. The number of para-hydroxylation sites is 1. The van der Waals surface area contributed by atoms with Crippen LogP contribution in [-0.4, -0.2) is 51.2 Å². The molecular formula is C24H23N3O7S. The molecule has 2 heterocycles.